The second-order valence-electron chi connectivity index (χ2n) is 9.86. The van der Waals surface area contributed by atoms with Crippen molar-refractivity contribution in [2.24, 2.45) is 0 Å². The average Bonchev–Trinajstić information content (AvgIpc) is 3.70. The van der Waals surface area contributed by atoms with Gasteiger partial charge in [-0.25, -0.2) is 28.1 Å². The molecule has 0 amide bonds. The lowest BCUT2D eigenvalue weighted by atomic mass is 10.0. The van der Waals surface area contributed by atoms with Crippen LogP contribution < -0.4 is 0 Å². The van der Waals surface area contributed by atoms with Crippen molar-refractivity contribution >= 4 is 21.9 Å². The van der Waals surface area contributed by atoms with Gasteiger partial charge in [0, 0.05) is 55.4 Å². The van der Waals surface area contributed by atoms with Crippen molar-refractivity contribution in [1.29, 1.82) is 0 Å². The van der Waals surface area contributed by atoms with E-state index >= 15 is 4.39 Å². The molecule has 9 nitrogen and oxygen atoms in total. The molecule has 0 atom stereocenters. The molecule has 0 radical (unpaired) electrons. The van der Waals surface area contributed by atoms with E-state index in [1.54, 1.807) is 58.7 Å². The van der Waals surface area contributed by atoms with Crippen molar-refractivity contribution in [1.82, 2.24) is 44.6 Å². The number of nitrogens with zero attached hydrogens (tertiary/aromatic N) is 7. The quantitative estimate of drug-likeness (QED) is 0.324. The summed E-state index contributed by atoms with van der Waals surface area (Å²) in [4.78, 5) is 22.6. The standard InChI is InChI=1S/C27H22F3N9/c1-15-11-39(14-33-15)26-23-20(4-6-32-26)34-25(35-23)24-21-19(36-37-24)3-2-18(22(21)28)17-8-16(9-31-10-17)12-38-7-5-27(29,30)13-38/h2-4,6,8-11,14H,5,7,12-13H2,1H3,(H,34,35)(H,36,37). The molecular weight excluding hydrogens is 507 g/mol. The van der Waals surface area contributed by atoms with Gasteiger partial charge in [0.05, 0.1) is 28.7 Å². The summed E-state index contributed by atoms with van der Waals surface area (Å²) in [5.74, 6) is -2.17. The zero-order chi connectivity index (χ0) is 26.7. The Kier molecular flexibility index (Phi) is 5.27. The summed E-state index contributed by atoms with van der Waals surface area (Å²) in [6, 6.07) is 7.00. The lowest BCUT2D eigenvalue weighted by Crippen LogP contribution is -2.24. The predicted octanol–water partition coefficient (Wildman–Crippen LogP) is 5.04. The Morgan fingerprint density at radius 2 is 2.00 bits per heavy atom. The minimum Gasteiger partial charge on any atom is -0.336 e. The molecule has 39 heavy (non-hydrogen) atoms. The summed E-state index contributed by atoms with van der Waals surface area (Å²) in [7, 11) is 0. The number of H-pyrrole nitrogens is 2. The van der Waals surface area contributed by atoms with E-state index in [9.17, 15) is 8.78 Å². The van der Waals surface area contributed by atoms with Gasteiger partial charge < -0.3 is 4.98 Å². The number of benzene rings is 1. The Labute approximate surface area is 219 Å². The average molecular weight is 530 g/mol. The van der Waals surface area contributed by atoms with E-state index in [-0.39, 0.29) is 18.4 Å². The maximum absolute atomic E-state index is 16.1. The number of halogens is 3. The van der Waals surface area contributed by atoms with Crippen molar-refractivity contribution in [3.8, 4) is 28.5 Å². The minimum absolute atomic E-state index is 0.157. The van der Waals surface area contributed by atoms with E-state index in [0.29, 0.717) is 52.6 Å². The first-order valence-electron chi connectivity index (χ1n) is 12.4. The maximum Gasteiger partial charge on any atom is 0.261 e. The minimum atomic E-state index is -2.68. The van der Waals surface area contributed by atoms with Gasteiger partial charge in [-0.05, 0) is 36.8 Å². The molecular formula is C27H22F3N9. The highest BCUT2D eigenvalue weighted by atomic mass is 19.3. The van der Waals surface area contributed by atoms with Gasteiger partial charge >= 0.3 is 0 Å². The number of pyridine rings is 2. The molecule has 0 saturated carbocycles. The van der Waals surface area contributed by atoms with Crippen LogP contribution in [0.1, 0.15) is 17.7 Å². The van der Waals surface area contributed by atoms with Gasteiger partial charge in [0.1, 0.15) is 23.4 Å². The van der Waals surface area contributed by atoms with Gasteiger partial charge in [-0.1, -0.05) is 0 Å². The number of aryl methyl sites for hydroxylation is 1. The summed E-state index contributed by atoms with van der Waals surface area (Å²) in [5.41, 5.74) is 4.63. The molecule has 1 saturated heterocycles. The topological polar surface area (TPSA) is 104 Å². The molecule has 1 aliphatic heterocycles. The molecule has 2 N–H and O–H groups in total. The van der Waals surface area contributed by atoms with E-state index in [0.717, 1.165) is 16.8 Å². The number of hydrogen-bond donors (Lipinski definition) is 2. The van der Waals surface area contributed by atoms with Crippen molar-refractivity contribution in [3.05, 3.63) is 72.5 Å². The Balaban J connectivity index is 1.28. The van der Waals surface area contributed by atoms with Crippen LogP contribution in [0.4, 0.5) is 13.2 Å². The molecule has 1 fully saturated rings. The fraction of sp³-hybridized carbons (Fsp3) is 0.222. The highest BCUT2D eigenvalue weighted by Gasteiger charge is 2.38. The van der Waals surface area contributed by atoms with Crippen LogP contribution in [0.15, 0.2) is 55.4 Å². The van der Waals surface area contributed by atoms with Crippen LogP contribution in [0, 0.1) is 12.7 Å². The number of nitrogens with one attached hydrogen (secondary N) is 2. The lowest BCUT2D eigenvalue weighted by molar-refractivity contribution is 0.0115. The van der Waals surface area contributed by atoms with E-state index in [4.69, 9.17) is 4.98 Å². The van der Waals surface area contributed by atoms with E-state index < -0.39 is 11.7 Å². The van der Waals surface area contributed by atoms with Crippen LogP contribution in [-0.2, 0) is 6.54 Å². The molecule has 7 rings (SSSR count). The summed E-state index contributed by atoms with van der Waals surface area (Å²) < 4.78 is 45.2. The van der Waals surface area contributed by atoms with Crippen molar-refractivity contribution in [3.63, 3.8) is 0 Å². The molecule has 1 aromatic carbocycles. The van der Waals surface area contributed by atoms with Gasteiger partial charge in [-0.15, -0.1) is 0 Å². The number of hydrogen-bond acceptors (Lipinski definition) is 6. The highest BCUT2D eigenvalue weighted by Crippen LogP contribution is 2.35. The summed E-state index contributed by atoms with van der Waals surface area (Å²) >= 11 is 0. The zero-order valence-electron chi connectivity index (χ0n) is 20.8. The van der Waals surface area contributed by atoms with Crippen LogP contribution in [0.2, 0.25) is 0 Å². The second kappa shape index (κ2) is 8.73. The molecule has 6 aromatic rings. The molecule has 0 spiro atoms. The van der Waals surface area contributed by atoms with Crippen LogP contribution in [0.25, 0.3) is 50.4 Å². The maximum atomic E-state index is 16.1. The number of alkyl halides is 2. The Morgan fingerprint density at radius 3 is 2.79 bits per heavy atom. The number of likely N-dealkylation sites (tertiary alicyclic amines) is 1. The first kappa shape index (κ1) is 23.5. The first-order chi connectivity index (χ1) is 18.8. The van der Waals surface area contributed by atoms with Crippen molar-refractivity contribution < 1.29 is 13.2 Å². The zero-order valence-corrected chi connectivity index (χ0v) is 20.8. The summed E-state index contributed by atoms with van der Waals surface area (Å²) in [6.45, 7) is 2.23. The van der Waals surface area contributed by atoms with Gasteiger partial charge in [0.25, 0.3) is 5.92 Å². The first-order valence-corrected chi connectivity index (χ1v) is 12.4. The van der Waals surface area contributed by atoms with Gasteiger partial charge in [-0.3, -0.25) is 19.5 Å². The predicted molar refractivity (Wildman–Crippen MR) is 139 cm³/mol. The number of fused-ring (bicyclic) bond motifs is 2. The third kappa shape index (κ3) is 4.13. The third-order valence-corrected chi connectivity index (χ3v) is 6.99. The Hall–Kier alpha value is -4.58. The van der Waals surface area contributed by atoms with Gasteiger partial charge in [0.15, 0.2) is 11.6 Å². The largest absolute Gasteiger partial charge is 0.336 e. The van der Waals surface area contributed by atoms with Crippen LogP contribution >= 0.6 is 0 Å². The number of aromatic amines is 2. The number of rotatable bonds is 5. The Morgan fingerprint density at radius 1 is 1.10 bits per heavy atom. The highest BCUT2D eigenvalue weighted by molar-refractivity contribution is 5.97. The van der Waals surface area contributed by atoms with Crippen molar-refractivity contribution in [2.45, 2.75) is 25.8 Å². The fourth-order valence-electron chi connectivity index (χ4n) is 5.15. The SMILES string of the molecule is Cc1cn(-c2nccc3[nH]c(-c4n[nH]c5ccc(-c6cncc(CN7CCC(F)(F)C7)c6)c(F)c45)nc23)cn1. The van der Waals surface area contributed by atoms with Crippen molar-refractivity contribution in [2.75, 3.05) is 13.1 Å². The number of imidazole rings is 2. The fourth-order valence-corrected chi connectivity index (χ4v) is 5.15. The van der Waals surface area contributed by atoms with E-state index in [1.165, 1.54) is 0 Å². The third-order valence-electron chi connectivity index (χ3n) is 6.99. The molecule has 1 aliphatic rings. The smallest absolute Gasteiger partial charge is 0.261 e. The summed E-state index contributed by atoms with van der Waals surface area (Å²) in [6.07, 6.45) is 8.22. The molecule has 0 bridgehead atoms. The van der Waals surface area contributed by atoms with Crippen LogP contribution in [-0.4, -0.2) is 63.6 Å². The second-order valence-corrected chi connectivity index (χ2v) is 9.86. The molecule has 5 aromatic heterocycles. The molecule has 196 valence electrons. The lowest BCUT2D eigenvalue weighted by Gasteiger charge is -2.16. The molecule has 0 aliphatic carbocycles. The molecule has 12 heteroatoms. The molecule has 0 unspecified atom stereocenters. The Bertz CT molecular complexity index is 1850. The summed E-state index contributed by atoms with van der Waals surface area (Å²) in [5, 5.41) is 7.55. The van der Waals surface area contributed by atoms with Gasteiger partial charge in [-0.2, -0.15) is 5.10 Å². The normalized spacial score (nSPS) is 15.6. The monoisotopic (exact) mass is 529 g/mol. The van der Waals surface area contributed by atoms with E-state index in [1.807, 2.05) is 13.1 Å². The number of aromatic nitrogens is 8. The van der Waals surface area contributed by atoms with Crippen LogP contribution in [0.5, 0.6) is 0 Å². The van der Waals surface area contributed by atoms with Crippen LogP contribution in [0.3, 0.4) is 0 Å². The van der Waals surface area contributed by atoms with Gasteiger partial charge in [0.2, 0.25) is 0 Å². The molecule has 6 heterocycles. The van der Waals surface area contributed by atoms with E-state index in [2.05, 4.69) is 30.1 Å².